The summed E-state index contributed by atoms with van der Waals surface area (Å²) in [4.78, 5) is 11.7. The van der Waals surface area contributed by atoms with Crippen LogP contribution in [0.3, 0.4) is 0 Å². The number of hydrogen-bond donors (Lipinski definition) is 3. The normalized spacial score (nSPS) is 22.1. The van der Waals surface area contributed by atoms with Crippen molar-refractivity contribution in [3.63, 3.8) is 0 Å². The van der Waals surface area contributed by atoms with Crippen molar-refractivity contribution in [3.8, 4) is 0 Å². The van der Waals surface area contributed by atoms with Crippen molar-refractivity contribution in [2.45, 2.75) is 57.0 Å². The number of hydrogen-bond acceptors (Lipinski definition) is 3. The Morgan fingerprint density at radius 2 is 2.07 bits per heavy atom. The molecular weight excluding hydrogens is 192 g/mol. The van der Waals surface area contributed by atoms with Gasteiger partial charge in [0.05, 0.1) is 18.2 Å². The zero-order valence-corrected chi connectivity index (χ0v) is 9.46. The maximum absolute atomic E-state index is 11.7. The molecule has 1 aliphatic carbocycles. The first kappa shape index (κ1) is 12.5. The molecule has 88 valence electrons. The van der Waals surface area contributed by atoms with Crippen LogP contribution in [0.4, 0.5) is 0 Å². The average Bonchev–Trinajstić information content (AvgIpc) is 2.29. The maximum atomic E-state index is 11.7. The van der Waals surface area contributed by atoms with E-state index in [2.05, 4.69) is 5.32 Å². The van der Waals surface area contributed by atoms with Crippen LogP contribution >= 0.6 is 0 Å². The molecular formula is C11H22N2O2. The lowest BCUT2D eigenvalue weighted by Gasteiger charge is -2.37. The van der Waals surface area contributed by atoms with Crippen molar-refractivity contribution in [1.29, 1.82) is 0 Å². The predicted molar refractivity (Wildman–Crippen MR) is 59.3 cm³/mol. The summed E-state index contributed by atoms with van der Waals surface area (Å²) in [6.45, 7) is 1.91. The molecule has 0 unspecified atom stereocenters. The third kappa shape index (κ3) is 3.18. The molecule has 0 aromatic rings. The molecule has 1 aliphatic rings. The molecule has 1 atom stereocenters. The first-order valence-electron chi connectivity index (χ1n) is 5.82. The number of nitrogens with two attached hydrogens (primary N) is 1. The molecule has 0 saturated heterocycles. The van der Waals surface area contributed by atoms with Crippen molar-refractivity contribution in [1.82, 2.24) is 5.32 Å². The van der Waals surface area contributed by atoms with Gasteiger partial charge < -0.3 is 16.2 Å². The van der Waals surface area contributed by atoms with Crippen LogP contribution in [0.15, 0.2) is 0 Å². The number of amides is 1. The Balaban J connectivity index is 2.55. The van der Waals surface area contributed by atoms with Gasteiger partial charge in [0, 0.05) is 0 Å². The van der Waals surface area contributed by atoms with Crippen molar-refractivity contribution >= 4 is 5.91 Å². The third-order valence-electron chi connectivity index (χ3n) is 3.28. The van der Waals surface area contributed by atoms with Gasteiger partial charge in [0.2, 0.25) is 5.91 Å². The second-order valence-corrected chi connectivity index (χ2v) is 4.50. The number of aliphatic hydroxyl groups excluding tert-OH is 1. The molecule has 1 amide bonds. The molecule has 1 saturated carbocycles. The fraction of sp³-hybridized carbons (Fsp3) is 0.909. The van der Waals surface area contributed by atoms with Crippen LogP contribution in [-0.4, -0.2) is 29.2 Å². The SMILES string of the molecule is CC[C@@H](N)C(=O)NC1(CO)CCCCC1. The molecule has 1 rings (SSSR count). The van der Waals surface area contributed by atoms with E-state index in [0.717, 1.165) is 25.7 Å². The Labute approximate surface area is 91.2 Å². The molecule has 15 heavy (non-hydrogen) atoms. The first-order chi connectivity index (χ1) is 7.13. The van der Waals surface area contributed by atoms with Gasteiger partial charge in [0.15, 0.2) is 0 Å². The van der Waals surface area contributed by atoms with Gasteiger partial charge in [0.25, 0.3) is 0 Å². The molecule has 0 aromatic carbocycles. The first-order valence-corrected chi connectivity index (χ1v) is 5.82. The number of carbonyl (C=O) groups is 1. The summed E-state index contributed by atoms with van der Waals surface area (Å²) < 4.78 is 0. The molecule has 0 bridgehead atoms. The van der Waals surface area contributed by atoms with Crippen LogP contribution in [0.25, 0.3) is 0 Å². The number of aliphatic hydroxyl groups is 1. The Kier molecular flexibility index (Phi) is 4.54. The van der Waals surface area contributed by atoms with Crippen LogP contribution in [0.5, 0.6) is 0 Å². The second kappa shape index (κ2) is 5.47. The monoisotopic (exact) mass is 214 g/mol. The minimum absolute atomic E-state index is 0.0230. The van der Waals surface area contributed by atoms with E-state index in [1.807, 2.05) is 6.92 Å². The van der Waals surface area contributed by atoms with Crippen LogP contribution in [0, 0.1) is 0 Å². The summed E-state index contributed by atoms with van der Waals surface area (Å²) in [6.07, 6.45) is 5.70. The minimum Gasteiger partial charge on any atom is -0.394 e. The molecule has 0 aromatic heterocycles. The molecule has 0 heterocycles. The van der Waals surface area contributed by atoms with E-state index in [-0.39, 0.29) is 12.5 Å². The highest BCUT2D eigenvalue weighted by Gasteiger charge is 2.33. The van der Waals surface area contributed by atoms with E-state index in [9.17, 15) is 9.90 Å². The lowest BCUT2D eigenvalue weighted by Crippen LogP contribution is -2.56. The third-order valence-corrected chi connectivity index (χ3v) is 3.28. The Morgan fingerprint density at radius 1 is 1.47 bits per heavy atom. The maximum Gasteiger partial charge on any atom is 0.237 e. The average molecular weight is 214 g/mol. The van der Waals surface area contributed by atoms with Gasteiger partial charge in [-0.2, -0.15) is 0 Å². The number of rotatable bonds is 4. The molecule has 0 radical (unpaired) electrons. The Morgan fingerprint density at radius 3 is 2.53 bits per heavy atom. The van der Waals surface area contributed by atoms with Crippen molar-refractivity contribution in [2.75, 3.05) is 6.61 Å². The molecule has 4 heteroatoms. The zero-order chi connectivity index (χ0) is 11.3. The summed E-state index contributed by atoms with van der Waals surface area (Å²) in [5, 5.41) is 12.3. The molecule has 0 spiro atoms. The van der Waals surface area contributed by atoms with Crippen molar-refractivity contribution in [2.24, 2.45) is 5.73 Å². The minimum atomic E-state index is -0.449. The smallest absolute Gasteiger partial charge is 0.237 e. The lowest BCUT2D eigenvalue weighted by molar-refractivity contribution is -0.125. The number of carbonyl (C=O) groups excluding carboxylic acids is 1. The predicted octanol–water partition coefficient (Wildman–Crippen LogP) is 0.535. The number of nitrogens with one attached hydrogen (secondary N) is 1. The zero-order valence-electron chi connectivity index (χ0n) is 9.46. The quantitative estimate of drug-likeness (QED) is 0.639. The van der Waals surface area contributed by atoms with Crippen LogP contribution in [0.2, 0.25) is 0 Å². The van der Waals surface area contributed by atoms with E-state index in [1.165, 1.54) is 6.42 Å². The van der Waals surface area contributed by atoms with E-state index in [4.69, 9.17) is 5.73 Å². The highest BCUT2D eigenvalue weighted by Crippen LogP contribution is 2.27. The van der Waals surface area contributed by atoms with Crippen molar-refractivity contribution < 1.29 is 9.90 Å². The standard InChI is InChI=1S/C11H22N2O2/c1-2-9(12)10(15)13-11(8-14)6-4-3-5-7-11/h9,14H,2-8,12H2,1H3,(H,13,15)/t9-/m1/s1. The van der Waals surface area contributed by atoms with Crippen LogP contribution < -0.4 is 11.1 Å². The van der Waals surface area contributed by atoms with E-state index in [0.29, 0.717) is 6.42 Å². The molecule has 1 fully saturated rings. The summed E-state index contributed by atoms with van der Waals surface area (Å²) in [5.41, 5.74) is 5.25. The summed E-state index contributed by atoms with van der Waals surface area (Å²) in [7, 11) is 0. The van der Waals surface area contributed by atoms with Gasteiger partial charge in [-0.05, 0) is 19.3 Å². The largest absolute Gasteiger partial charge is 0.394 e. The van der Waals surface area contributed by atoms with Gasteiger partial charge in [0.1, 0.15) is 0 Å². The molecule has 0 aliphatic heterocycles. The van der Waals surface area contributed by atoms with Crippen molar-refractivity contribution in [3.05, 3.63) is 0 Å². The Bertz CT molecular complexity index is 213. The van der Waals surface area contributed by atoms with Gasteiger partial charge in [-0.25, -0.2) is 0 Å². The fourth-order valence-corrected chi connectivity index (χ4v) is 2.09. The van der Waals surface area contributed by atoms with Gasteiger partial charge in [-0.1, -0.05) is 26.2 Å². The summed E-state index contributed by atoms with van der Waals surface area (Å²) in [5.74, 6) is -0.131. The highest BCUT2D eigenvalue weighted by molar-refractivity contribution is 5.82. The van der Waals surface area contributed by atoms with Gasteiger partial charge >= 0.3 is 0 Å². The van der Waals surface area contributed by atoms with Crippen LogP contribution in [-0.2, 0) is 4.79 Å². The fourth-order valence-electron chi connectivity index (χ4n) is 2.09. The molecule has 4 N–H and O–H groups in total. The van der Waals surface area contributed by atoms with Gasteiger partial charge in [-0.15, -0.1) is 0 Å². The van der Waals surface area contributed by atoms with Crippen LogP contribution in [0.1, 0.15) is 45.4 Å². The van der Waals surface area contributed by atoms with E-state index >= 15 is 0 Å². The highest BCUT2D eigenvalue weighted by atomic mass is 16.3. The van der Waals surface area contributed by atoms with E-state index in [1.54, 1.807) is 0 Å². The Hall–Kier alpha value is -0.610. The summed E-state index contributed by atoms with van der Waals surface area (Å²) in [6, 6.07) is -0.449. The summed E-state index contributed by atoms with van der Waals surface area (Å²) >= 11 is 0. The lowest BCUT2D eigenvalue weighted by atomic mass is 9.82. The topological polar surface area (TPSA) is 75.4 Å². The van der Waals surface area contributed by atoms with Gasteiger partial charge in [-0.3, -0.25) is 4.79 Å². The van der Waals surface area contributed by atoms with E-state index < -0.39 is 11.6 Å². The molecule has 4 nitrogen and oxygen atoms in total. The second-order valence-electron chi connectivity index (χ2n) is 4.50.